The van der Waals surface area contributed by atoms with E-state index in [0.29, 0.717) is 23.5 Å². The van der Waals surface area contributed by atoms with Crippen LogP contribution in [0.25, 0.3) is 0 Å². The van der Waals surface area contributed by atoms with Gasteiger partial charge in [0.1, 0.15) is 5.76 Å². The average molecular weight is 316 g/mol. The molecule has 1 fully saturated rings. The van der Waals surface area contributed by atoms with Gasteiger partial charge in [0, 0.05) is 22.1 Å². The van der Waals surface area contributed by atoms with Gasteiger partial charge in [-0.15, -0.1) is 0 Å². The van der Waals surface area contributed by atoms with Gasteiger partial charge in [-0.25, -0.2) is 0 Å². The first-order valence-electron chi connectivity index (χ1n) is 8.87. The van der Waals surface area contributed by atoms with Crippen molar-refractivity contribution in [3.8, 4) is 0 Å². The lowest BCUT2D eigenvalue weighted by molar-refractivity contribution is -0.134. The molecule has 0 unspecified atom stereocenters. The molecule has 3 rings (SSSR count). The van der Waals surface area contributed by atoms with Crippen molar-refractivity contribution in [2.75, 3.05) is 0 Å². The number of allylic oxidation sites excluding steroid dienone is 3. The molecule has 0 radical (unpaired) electrons. The third-order valence-corrected chi connectivity index (χ3v) is 6.58. The van der Waals surface area contributed by atoms with Gasteiger partial charge in [0.15, 0.2) is 0 Å². The van der Waals surface area contributed by atoms with Gasteiger partial charge in [0.05, 0.1) is 0 Å². The van der Waals surface area contributed by atoms with Crippen LogP contribution < -0.4 is 0 Å². The van der Waals surface area contributed by atoms with Gasteiger partial charge in [-0.2, -0.15) is 0 Å². The fourth-order valence-electron chi connectivity index (χ4n) is 5.56. The molecule has 0 heterocycles. The highest BCUT2D eigenvalue weighted by Crippen LogP contribution is 2.61. The third kappa shape index (κ3) is 2.15. The second-order valence-electron chi connectivity index (χ2n) is 8.78. The number of aliphatic hydroxyl groups is 1. The van der Waals surface area contributed by atoms with Gasteiger partial charge in [-0.1, -0.05) is 41.0 Å². The Kier molecular flexibility index (Phi) is 3.62. The second-order valence-corrected chi connectivity index (χ2v) is 8.78. The highest BCUT2D eigenvalue weighted by atomic mass is 16.3. The number of ketones is 2. The maximum Gasteiger partial charge on any atom is 0.233 e. The van der Waals surface area contributed by atoms with Crippen molar-refractivity contribution in [2.24, 2.45) is 22.7 Å². The lowest BCUT2D eigenvalue weighted by Gasteiger charge is -2.55. The highest BCUT2D eigenvalue weighted by Gasteiger charge is 2.55. The smallest absolute Gasteiger partial charge is 0.233 e. The molecule has 0 aromatic rings. The summed E-state index contributed by atoms with van der Waals surface area (Å²) in [6, 6.07) is 0. The average Bonchev–Trinajstić information content (AvgIpc) is 2.43. The Labute approximate surface area is 138 Å². The SMILES string of the molecule is CC(C)C1=C(O)C2=C(C(=O)C1=O)[C@]1(C)CCCC(C)(C)[C@@H]1CC2. The first-order valence-corrected chi connectivity index (χ1v) is 8.87. The zero-order chi connectivity index (χ0) is 17.2. The molecule has 0 aliphatic heterocycles. The molecular weight excluding hydrogens is 288 g/mol. The zero-order valence-corrected chi connectivity index (χ0v) is 15.0. The Hall–Kier alpha value is -1.38. The van der Waals surface area contributed by atoms with E-state index in [1.807, 2.05) is 13.8 Å². The predicted molar refractivity (Wildman–Crippen MR) is 90.0 cm³/mol. The largest absolute Gasteiger partial charge is 0.507 e. The number of hydrogen-bond acceptors (Lipinski definition) is 3. The Morgan fingerprint density at radius 3 is 2.35 bits per heavy atom. The summed E-state index contributed by atoms with van der Waals surface area (Å²) in [6.45, 7) is 10.4. The summed E-state index contributed by atoms with van der Waals surface area (Å²) in [6.07, 6.45) is 4.86. The van der Waals surface area contributed by atoms with Crippen molar-refractivity contribution >= 4 is 11.6 Å². The molecule has 126 valence electrons. The summed E-state index contributed by atoms with van der Waals surface area (Å²) in [7, 11) is 0. The van der Waals surface area contributed by atoms with Crippen molar-refractivity contribution in [1.29, 1.82) is 0 Å². The lowest BCUT2D eigenvalue weighted by atomic mass is 9.49. The van der Waals surface area contributed by atoms with Crippen LogP contribution in [0.5, 0.6) is 0 Å². The van der Waals surface area contributed by atoms with E-state index in [1.165, 1.54) is 0 Å². The summed E-state index contributed by atoms with van der Waals surface area (Å²) in [5.74, 6) is -0.475. The van der Waals surface area contributed by atoms with E-state index >= 15 is 0 Å². The van der Waals surface area contributed by atoms with E-state index in [-0.39, 0.29) is 28.3 Å². The first kappa shape index (κ1) is 16.5. The van der Waals surface area contributed by atoms with Gasteiger partial charge in [-0.05, 0) is 42.9 Å². The molecular formula is C20H28O3. The summed E-state index contributed by atoms with van der Waals surface area (Å²) in [5.41, 5.74) is 1.60. The highest BCUT2D eigenvalue weighted by molar-refractivity contribution is 6.50. The fraction of sp³-hybridized carbons (Fsp3) is 0.700. The Bertz CT molecular complexity index is 648. The molecule has 3 aliphatic rings. The number of carbonyl (C=O) groups is 2. The molecule has 3 aliphatic carbocycles. The van der Waals surface area contributed by atoms with Crippen LogP contribution in [0.1, 0.15) is 66.7 Å². The standard InChI is InChI=1S/C20H28O3/c1-11(2)14-16(21)12-7-8-13-19(3,4)9-6-10-20(13,5)15(12)18(23)17(14)22/h11,13,21H,6-10H2,1-5H3/t13-,20+/m0/s1. The molecule has 3 nitrogen and oxygen atoms in total. The summed E-state index contributed by atoms with van der Waals surface area (Å²) in [4.78, 5) is 25.5. The number of fused-ring (bicyclic) bond motifs is 2. The van der Waals surface area contributed by atoms with Crippen LogP contribution >= 0.6 is 0 Å². The molecule has 0 bridgehead atoms. The number of hydrogen-bond donors (Lipinski definition) is 1. The number of Topliss-reactive ketones (excluding diaryl/α,β-unsaturated/α-hetero) is 2. The predicted octanol–water partition coefficient (Wildman–Crippen LogP) is 4.53. The molecule has 23 heavy (non-hydrogen) atoms. The van der Waals surface area contributed by atoms with E-state index in [1.54, 1.807) is 0 Å². The van der Waals surface area contributed by atoms with Gasteiger partial charge in [0.25, 0.3) is 0 Å². The molecule has 2 atom stereocenters. The molecule has 1 saturated carbocycles. The molecule has 0 spiro atoms. The van der Waals surface area contributed by atoms with Crippen LogP contribution in [-0.4, -0.2) is 16.7 Å². The number of rotatable bonds is 1. The van der Waals surface area contributed by atoms with E-state index < -0.39 is 5.78 Å². The normalized spacial score (nSPS) is 33.9. The summed E-state index contributed by atoms with van der Waals surface area (Å²) < 4.78 is 0. The van der Waals surface area contributed by atoms with E-state index in [0.717, 1.165) is 31.3 Å². The van der Waals surface area contributed by atoms with E-state index in [2.05, 4.69) is 20.8 Å². The van der Waals surface area contributed by atoms with Crippen molar-refractivity contribution < 1.29 is 14.7 Å². The topological polar surface area (TPSA) is 54.4 Å². The lowest BCUT2D eigenvalue weighted by Crippen LogP contribution is -2.49. The van der Waals surface area contributed by atoms with E-state index in [4.69, 9.17) is 0 Å². The summed E-state index contributed by atoms with van der Waals surface area (Å²) in [5, 5.41) is 10.7. The van der Waals surface area contributed by atoms with Crippen molar-refractivity contribution in [3.05, 3.63) is 22.5 Å². The van der Waals surface area contributed by atoms with Gasteiger partial charge in [-0.3, -0.25) is 9.59 Å². The summed E-state index contributed by atoms with van der Waals surface area (Å²) >= 11 is 0. The Morgan fingerprint density at radius 2 is 1.74 bits per heavy atom. The van der Waals surface area contributed by atoms with E-state index in [9.17, 15) is 14.7 Å². The van der Waals surface area contributed by atoms with Crippen LogP contribution in [0.2, 0.25) is 0 Å². The molecule has 3 heteroatoms. The van der Waals surface area contributed by atoms with Crippen LogP contribution in [0.15, 0.2) is 22.5 Å². The van der Waals surface area contributed by atoms with Crippen molar-refractivity contribution in [3.63, 3.8) is 0 Å². The molecule has 0 aromatic heterocycles. The van der Waals surface area contributed by atoms with Gasteiger partial charge < -0.3 is 5.11 Å². The second kappa shape index (κ2) is 5.06. The quantitative estimate of drug-likeness (QED) is 0.571. The monoisotopic (exact) mass is 316 g/mol. The fourth-order valence-corrected chi connectivity index (χ4v) is 5.56. The minimum absolute atomic E-state index is 0.0997. The number of carbonyl (C=O) groups excluding carboxylic acids is 2. The maximum absolute atomic E-state index is 12.9. The van der Waals surface area contributed by atoms with Crippen LogP contribution in [-0.2, 0) is 9.59 Å². The minimum Gasteiger partial charge on any atom is -0.507 e. The van der Waals surface area contributed by atoms with Crippen LogP contribution in [0.3, 0.4) is 0 Å². The number of aliphatic hydroxyl groups excluding tert-OH is 1. The van der Waals surface area contributed by atoms with Crippen molar-refractivity contribution in [2.45, 2.75) is 66.7 Å². The minimum atomic E-state index is -0.485. The molecule has 0 amide bonds. The zero-order valence-electron chi connectivity index (χ0n) is 15.0. The van der Waals surface area contributed by atoms with Gasteiger partial charge >= 0.3 is 0 Å². The van der Waals surface area contributed by atoms with Gasteiger partial charge in [0.2, 0.25) is 11.6 Å². The van der Waals surface area contributed by atoms with Crippen LogP contribution in [0.4, 0.5) is 0 Å². The van der Waals surface area contributed by atoms with Crippen LogP contribution in [0, 0.1) is 22.7 Å². The molecule has 1 N–H and O–H groups in total. The first-order chi connectivity index (χ1) is 10.6. The third-order valence-electron chi connectivity index (χ3n) is 6.58. The molecule has 0 saturated heterocycles. The Morgan fingerprint density at radius 1 is 1.09 bits per heavy atom. The Balaban J connectivity index is 2.21. The molecule has 0 aromatic carbocycles. The van der Waals surface area contributed by atoms with Crippen molar-refractivity contribution in [1.82, 2.24) is 0 Å². The maximum atomic E-state index is 12.9.